The van der Waals surface area contributed by atoms with Crippen molar-refractivity contribution in [1.29, 1.82) is 0 Å². The number of aromatic nitrogens is 2. The van der Waals surface area contributed by atoms with Crippen LogP contribution in [-0.2, 0) is 0 Å². The molecule has 0 aliphatic heterocycles. The van der Waals surface area contributed by atoms with Crippen LogP contribution in [0, 0.1) is 5.41 Å². The molecule has 1 aliphatic rings. The fourth-order valence-corrected chi connectivity index (χ4v) is 2.80. The van der Waals surface area contributed by atoms with Gasteiger partial charge in [-0.1, -0.05) is 27.2 Å². The van der Waals surface area contributed by atoms with Crippen LogP contribution in [-0.4, -0.2) is 22.6 Å². The van der Waals surface area contributed by atoms with E-state index in [0.29, 0.717) is 11.5 Å². The molecule has 1 aromatic rings. The van der Waals surface area contributed by atoms with E-state index in [2.05, 4.69) is 41.4 Å². The van der Waals surface area contributed by atoms with Gasteiger partial charge in [0, 0.05) is 12.6 Å². The Kier molecular flexibility index (Phi) is 4.61. The highest BCUT2D eigenvalue weighted by Crippen LogP contribution is 2.36. The Labute approximate surface area is 116 Å². The molecule has 2 N–H and O–H groups in total. The standard InChI is InChI=1S/C15H26N4/c1-4-8-17-13-10-16-11-14(19-13)18-12-6-5-7-15(2,3)9-12/h10-12H,4-9H2,1-3H3,(H2,17,18,19). The number of nitrogens with one attached hydrogen (secondary N) is 2. The Morgan fingerprint density at radius 2 is 2.11 bits per heavy atom. The lowest BCUT2D eigenvalue weighted by atomic mass is 9.75. The molecular formula is C15H26N4. The molecule has 0 aromatic carbocycles. The van der Waals surface area contributed by atoms with Gasteiger partial charge in [0.25, 0.3) is 0 Å². The Bertz CT molecular complexity index is 403. The molecule has 1 aromatic heterocycles. The van der Waals surface area contributed by atoms with E-state index in [1.54, 1.807) is 6.20 Å². The van der Waals surface area contributed by atoms with Crippen LogP contribution in [0.4, 0.5) is 11.6 Å². The molecule has 1 unspecified atom stereocenters. The molecule has 106 valence electrons. The minimum Gasteiger partial charge on any atom is -0.369 e. The SMILES string of the molecule is CCCNc1cncc(NC2CCCC(C)(C)C2)n1. The normalized spacial score (nSPS) is 21.9. The average molecular weight is 262 g/mol. The molecule has 4 heteroatoms. The summed E-state index contributed by atoms with van der Waals surface area (Å²) in [6.45, 7) is 7.79. The fraction of sp³-hybridized carbons (Fsp3) is 0.733. The van der Waals surface area contributed by atoms with Crippen LogP contribution in [0.15, 0.2) is 12.4 Å². The monoisotopic (exact) mass is 262 g/mol. The van der Waals surface area contributed by atoms with Crippen molar-refractivity contribution in [1.82, 2.24) is 9.97 Å². The summed E-state index contributed by atoms with van der Waals surface area (Å²) in [4.78, 5) is 8.82. The zero-order valence-corrected chi connectivity index (χ0v) is 12.4. The molecule has 1 saturated carbocycles. The largest absolute Gasteiger partial charge is 0.369 e. The van der Waals surface area contributed by atoms with Gasteiger partial charge in [-0.2, -0.15) is 0 Å². The first-order valence-electron chi connectivity index (χ1n) is 7.41. The summed E-state index contributed by atoms with van der Waals surface area (Å²) in [6, 6.07) is 0.527. The predicted molar refractivity (Wildman–Crippen MR) is 80.5 cm³/mol. The topological polar surface area (TPSA) is 49.8 Å². The third-order valence-electron chi connectivity index (χ3n) is 3.75. The summed E-state index contributed by atoms with van der Waals surface area (Å²) in [6.07, 6.45) is 9.76. The molecule has 0 bridgehead atoms. The van der Waals surface area contributed by atoms with Crippen molar-refractivity contribution < 1.29 is 0 Å². The second-order valence-corrected chi connectivity index (χ2v) is 6.32. The van der Waals surface area contributed by atoms with Crippen LogP contribution >= 0.6 is 0 Å². The van der Waals surface area contributed by atoms with Crippen molar-refractivity contribution in [2.75, 3.05) is 17.2 Å². The van der Waals surface area contributed by atoms with E-state index in [9.17, 15) is 0 Å². The maximum Gasteiger partial charge on any atom is 0.147 e. The van der Waals surface area contributed by atoms with Crippen molar-refractivity contribution in [3.05, 3.63) is 12.4 Å². The van der Waals surface area contributed by atoms with Crippen molar-refractivity contribution in [2.24, 2.45) is 5.41 Å². The fourth-order valence-electron chi connectivity index (χ4n) is 2.80. The Morgan fingerprint density at radius 1 is 1.32 bits per heavy atom. The summed E-state index contributed by atoms with van der Waals surface area (Å²) in [5.74, 6) is 1.76. The predicted octanol–water partition coefficient (Wildman–Crippen LogP) is 3.68. The summed E-state index contributed by atoms with van der Waals surface area (Å²) in [5.41, 5.74) is 0.446. The van der Waals surface area contributed by atoms with E-state index >= 15 is 0 Å². The lowest BCUT2D eigenvalue weighted by Crippen LogP contribution is -2.32. The van der Waals surface area contributed by atoms with Gasteiger partial charge in [-0.05, 0) is 31.1 Å². The zero-order valence-electron chi connectivity index (χ0n) is 12.4. The molecule has 2 rings (SSSR count). The van der Waals surface area contributed by atoms with Gasteiger partial charge in [-0.25, -0.2) is 4.98 Å². The second kappa shape index (κ2) is 6.22. The molecule has 0 spiro atoms. The van der Waals surface area contributed by atoms with Gasteiger partial charge in [-0.3, -0.25) is 4.98 Å². The minimum atomic E-state index is 0.446. The van der Waals surface area contributed by atoms with Crippen molar-refractivity contribution in [3.8, 4) is 0 Å². The van der Waals surface area contributed by atoms with Gasteiger partial charge >= 0.3 is 0 Å². The first kappa shape index (κ1) is 14.1. The Morgan fingerprint density at radius 3 is 2.84 bits per heavy atom. The van der Waals surface area contributed by atoms with Crippen LogP contribution in [0.2, 0.25) is 0 Å². The lowest BCUT2D eigenvalue weighted by Gasteiger charge is -2.35. The summed E-state index contributed by atoms with van der Waals surface area (Å²) in [7, 11) is 0. The number of hydrogen-bond acceptors (Lipinski definition) is 4. The summed E-state index contributed by atoms with van der Waals surface area (Å²) in [5, 5.41) is 6.81. The van der Waals surface area contributed by atoms with Gasteiger partial charge in [-0.15, -0.1) is 0 Å². The molecule has 0 amide bonds. The van der Waals surface area contributed by atoms with Crippen LogP contribution in [0.25, 0.3) is 0 Å². The highest BCUT2D eigenvalue weighted by molar-refractivity contribution is 5.42. The number of nitrogens with zero attached hydrogens (tertiary/aromatic N) is 2. The molecule has 0 radical (unpaired) electrons. The van der Waals surface area contributed by atoms with Crippen LogP contribution < -0.4 is 10.6 Å². The highest BCUT2D eigenvalue weighted by atomic mass is 15.1. The quantitative estimate of drug-likeness (QED) is 0.850. The zero-order chi connectivity index (χ0) is 13.7. The Balaban J connectivity index is 1.94. The Hall–Kier alpha value is -1.32. The average Bonchev–Trinajstić information content (AvgIpc) is 2.35. The maximum atomic E-state index is 4.57. The van der Waals surface area contributed by atoms with E-state index in [-0.39, 0.29) is 0 Å². The lowest BCUT2D eigenvalue weighted by molar-refractivity contribution is 0.229. The molecule has 1 fully saturated rings. The van der Waals surface area contributed by atoms with Crippen molar-refractivity contribution >= 4 is 11.6 Å². The van der Waals surface area contributed by atoms with Crippen molar-refractivity contribution in [3.63, 3.8) is 0 Å². The van der Waals surface area contributed by atoms with Gasteiger partial charge in [0.05, 0.1) is 12.4 Å². The number of anilines is 2. The minimum absolute atomic E-state index is 0.446. The number of rotatable bonds is 5. The smallest absolute Gasteiger partial charge is 0.147 e. The van der Waals surface area contributed by atoms with E-state index in [4.69, 9.17) is 0 Å². The molecule has 19 heavy (non-hydrogen) atoms. The van der Waals surface area contributed by atoms with Crippen LogP contribution in [0.1, 0.15) is 52.9 Å². The van der Waals surface area contributed by atoms with E-state index in [1.165, 1.54) is 25.7 Å². The third-order valence-corrected chi connectivity index (χ3v) is 3.75. The second-order valence-electron chi connectivity index (χ2n) is 6.32. The van der Waals surface area contributed by atoms with Gasteiger partial charge in [0.1, 0.15) is 11.6 Å². The van der Waals surface area contributed by atoms with E-state index < -0.39 is 0 Å². The van der Waals surface area contributed by atoms with Crippen molar-refractivity contribution in [2.45, 2.75) is 58.9 Å². The highest BCUT2D eigenvalue weighted by Gasteiger charge is 2.27. The molecule has 1 atom stereocenters. The van der Waals surface area contributed by atoms with Gasteiger partial charge in [0.2, 0.25) is 0 Å². The van der Waals surface area contributed by atoms with E-state index in [1.807, 2.05) is 6.20 Å². The van der Waals surface area contributed by atoms with Crippen LogP contribution in [0.3, 0.4) is 0 Å². The molecule has 0 saturated heterocycles. The van der Waals surface area contributed by atoms with E-state index in [0.717, 1.165) is 24.6 Å². The third kappa shape index (κ3) is 4.37. The number of hydrogen-bond donors (Lipinski definition) is 2. The first-order chi connectivity index (χ1) is 9.09. The van der Waals surface area contributed by atoms with Gasteiger partial charge in [0.15, 0.2) is 0 Å². The van der Waals surface area contributed by atoms with Gasteiger partial charge < -0.3 is 10.6 Å². The summed E-state index contributed by atoms with van der Waals surface area (Å²) >= 11 is 0. The maximum absolute atomic E-state index is 4.57. The molecule has 1 heterocycles. The molecule has 1 aliphatic carbocycles. The molecule has 4 nitrogen and oxygen atoms in total. The summed E-state index contributed by atoms with van der Waals surface area (Å²) < 4.78 is 0. The van der Waals surface area contributed by atoms with Crippen LogP contribution in [0.5, 0.6) is 0 Å². The first-order valence-corrected chi connectivity index (χ1v) is 7.41. The molecular weight excluding hydrogens is 236 g/mol.